The number of amides is 1. The van der Waals surface area contributed by atoms with E-state index in [9.17, 15) is 15.0 Å². The fourth-order valence-corrected chi connectivity index (χ4v) is 5.44. The van der Waals surface area contributed by atoms with Gasteiger partial charge in [0.2, 0.25) is 5.91 Å². The van der Waals surface area contributed by atoms with Crippen molar-refractivity contribution in [2.45, 2.75) is 84.3 Å². The number of hydrogen-bond donors (Lipinski definition) is 2. The molecule has 170 valence electrons. The molecule has 1 heterocycles. The summed E-state index contributed by atoms with van der Waals surface area (Å²) in [6.07, 6.45) is 8.86. The zero-order valence-electron chi connectivity index (χ0n) is 19.7. The number of aliphatic hydroxyl groups is 2. The van der Waals surface area contributed by atoms with Gasteiger partial charge in [-0.2, -0.15) is 0 Å². The van der Waals surface area contributed by atoms with Gasteiger partial charge in [0.05, 0.1) is 17.1 Å². The first kappa shape index (κ1) is 23.7. The fraction of sp³-hybridized carbons (Fsp3) is 0.593. The normalized spacial score (nSPS) is 29.5. The molecule has 2 atom stereocenters. The first-order valence-corrected chi connectivity index (χ1v) is 11.7. The van der Waals surface area contributed by atoms with Crippen molar-refractivity contribution in [1.82, 2.24) is 0 Å². The summed E-state index contributed by atoms with van der Waals surface area (Å²) in [6, 6.07) is 7.73. The number of carbonyl (C=O) groups excluding carboxylic acids is 1. The first-order valence-electron chi connectivity index (χ1n) is 11.7. The summed E-state index contributed by atoms with van der Waals surface area (Å²) in [6.45, 7) is 12.8. The minimum atomic E-state index is -0.703. The van der Waals surface area contributed by atoms with Crippen LogP contribution in [0.5, 0.6) is 0 Å². The Hall–Kier alpha value is -1.91. The Morgan fingerprint density at radius 2 is 1.84 bits per heavy atom. The Balaban J connectivity index is 1.74. The third kappa shape index (κ3) is 4.38. The monoisotopic (exact) mass is 425 g/mol. The van der Waals surface area contributed by atoms with Crippen LogP contribution >= 0.6 is 0 Å². The van der Waals surface area contributed by atoms with Crippen molar-refractivity contribution in [3.8, 4) is 0 Å². The van der Waals surface area contributed by atoms with Gasteiger partial charge in [-0.25, -0.2) is 0 Å². The smallest absolute Gasteiger partial charge is 0.233 e. The molecule has 31 heavy (non-hydrogen) atoms. The molecular weight excluding hydrogens is 386 g/mol. The maximum absolute atomic E-state index is 13.4. The van der Waals surface area contributed by atoms with Crippen LogP contribution in [0.4, 0.5) is 5.69 Å². The van der Waals surface area contributed by atoms with E-state index in [0.29, 0.717) is 0 Å². The zero-order valence-corrected chi connectivity index (χ0v) is 19.7. The molecule has 0 aromatic heterocycles. The van der Waals surface area contributed by atoms with Crippen LogP contribution in [0.1, 0.15) is 84.3 Å². The summed E-state index contributed by atoms with van der Waals surface area (Å²) in [5, 5.41) is 21.8. The maximum Gasteiger partial charge on any atom is 0.233 e. The van der Waals surface area contributed by atoms with Crippen LogP contribution in [0.3, 0.4) is 0 Å². The van der Waals surface area contributed by atoms with E-state index in [1.807, 2.05) is 62.1 Å². The highest BCUT2D eigenvalue weighted by Gasteiger charge is 2.51. The van der Waals surface area contributed by atoms with Gasteiger partial charge in [-0.05, 0) is 77.0 Å². The second-order valence-electron chi connectivity index (χ2n) is 10.0. The lowest BCUT2D eigenvalue weighted by atomic mass is 9.67. The highest BCUT2D eigenvalue weighted by molar-refractivity contribution is 6.00. The van der Waals surface area contributed by atoms with Crippen molar-refractivity contribution in [3.05, 3.63) is 54.1 Å². The van der Waals surface area contributed by atoms with E-state index in [-0.39, 0.29) is 11.3 Å². The van der Waals surface area contributed by atoms with Gasteiger partial charge in [0.15, 0.2) is 0 Å². The Morgan fingerprint density at radius 1 is 1.23 bits per heavy atom. The summed E-state index contributed by atoms with van der Waals surface area (Å²) in [5.74, 6) is 0.194. The van der Waals surface area contributed by atoms with E-state index < -0.39 is 17.1 Å². The van der Waals surface area contributed by atoms with Crippen LogP contribution in [-0.2, 0) is 4.79 Å². The molecule has 1 aromatic rings. The quantitative estimate of drug-likeness (QED) is 0.550. The molecule has 2 fully saturated rings. The number of benzene rings is 1. The van der Waals surface area contributed by atoms with Gasteiger partial charge in [-0.3, -0.25) is 4.79 Å². The Labute approximate surface area is 187 Å². The molecule has 1 spiro atoms. The lowest BCUT2D eigenvalue weighted by Gasteiger charge is -2.41. The van der Waals surface area contributed by atoms with Gasteiger partial charge < -0.3 is 15.1 Å². The van der Waals surface area contributed by atoms with Crippen molar-refractivity contribution in [1.29, 1.82) is 0 Å². The molecule has 2 aliphatic rings. The van der Waals surface area contributed by atoms with Gasteiger partial charge in [0.1, 0.15) is 0 Å². The second kappa shape index (κ2) is 8.91. The van der Waals surface area contributed by atoms with Gasteiger partial charge in [0, 0.05) is 17.6 Å². The van der Waals surface area contributed by atoms with Crippen molar-refractivity contribution in [3.63, 3.8) is 0 Å². The summed E-state index contributed by atoms with van der Waals surface area (Å²) >= 11 is 0. The Bertz CT molecular complexity index is 833. The number of allylic oxidation sites excluding steroid dienone is 1. The maximum atomic E-state index is 13.4. The van der Waals surface area contributed by atoms with Crippen LogP contribution in [0.2, 0.25) is 0 Å². The molecule has 0 radical (unpaired) electrons. The number of hydrogen-bond acceptors (Lipinski definition) is 3. The van der Waals surface area contributed by atoms with Gasteiger partial charge in [-0.15, -0.1) is 0 Å². The fourth-order valence-electron chi connectivity index (χ4n) is 5.44. The molecule has 1 saturated carbocycles. The highest BCUT2D eigenvalue weighted by atomic mass is 16.3. The summed E-state index contributed by atoms with van der Waals surface area (Å²) in [5.41, 5.74) is 1.16. The van der Waals surface area contributed by atoms with Gasteiger partial charge in [0.25, 0.3) is 0 Å². The lowest BCUT2D eigenvalue weighted by Crippen LogP contribution is -2.43. The molecule has 3 rings (SSSR count). The minimum Gasteiger partial charge on any atom is -0.390 e. The molecular formula is C27H39NO3. The van der Waals surface area contributed by atoms with Crippen LogP contribution in [0.15, 0.2) is 48.6 Å². The predicted octanol–water partition coefficient (Wildman–Crippen LogP) is 5.71. The number of rotatable bonds is 7. The zero-order chi connectivity index (χ0) is 22.9. The second-order valence-corrected chi connectivity index (χ2v) is 10.0. The molecule has 2 unspecified atom stereocenters. The summed E-state index contributed by atoms with van der Waals surface area (Å²) in [4.78, 5) is 15.3. The van der Waals surface area contributed by atoms with Crippen molar-refractivity contribution < 1.29 is 15.0 Å². The van der Waals surface area contributed by atoms with Gasteiger partial charge >= 0.3 is 0 Å². The SMILES string of the molecule is C=C(C)C(C)(C=CC)C(O)c1ccc(N2CCC3(CCC(O)(CCC)CC3)C2=O)cc1. The minimum absolute atomic E-state index is 0.194. The van der Waals surface area contributed by atoms with E-state index in [1.54, 1.807) is 0 Å². The number of nitrogens with zero attached hydrogens (tertiary/aromatic N) is 1. The standard InChI is InChI=1S/C27H39NO3/c1-6-12-25(5,20(3)4)23(29)21-8-10-22(11-9-21)28-19-18-26(24(28)30)14-16-27(31,13-7-2)17-15-26/h6,8-12,23,29,31H,3,7,13-19H2,1-2,4-5H3. The average Bonchev–Trinajstić information content (AvgIpc) is 3.06. The van der Waals surface area contributed by atoms with Crippen LogP contribution < -0.4 is 4.90 Å². The van der Waals surface area contributed by atoms with Crippen LogP contribution in [0, 0.1) is 10.8 Å². The van der Waals surface area contributed by atoms with E-state index in [0.717, 1.165) is 68.3 Å². The number of anilines is 1. The van der Waals surface area contributed by atoms with Crippen molar-refractivity contribution in [2.75, 3.05) is 11.4 Å². The van der Waals surface area contributed by atoms with E-state index in [4.69, 9.17) is 0 Å². The molecule has 4 heteroatoms. The summed E-state index contributed by atoms with van der Waals surface area (Å²) in [7, 11) is 0. The number of carbonyl (C=O) groups is 1. The Morgan fingerprint density at radius 3 is 2.35 bits per heavy atom. The first-order chi connectivity index (χ1) is 14.6. The van der Waals surface area contributed by atoms with Crippen molar-refractivity contribution in [2.24, 2.45) is 10.8 Å². The highest BCUT2D eigenvalue weighted by Crippen LogP contribution is 2.49. The largest absolute Gasteiger partial charge is 0.390 e. The molecule has 1 saturated heterocycles. The van der Waals surface area contributed by atoms with Gasteiger partial charge in [-0.1, -0.05) is 49.8 Å². The molecule has 0 bridgehead atoms. The average molecular weight is 426 g/mol. The van der Waals surface area contributed by atoms with Crippen LogP contribution in [-0.4, -0.2) is 28.3 Å². The van der Waals surface area contributed by atoms with Crippen LogP contribution in [0.25, 0.3) is 0 Å². The molecule has 1 amide bonds. The molecule has 1 aliphatic heterocycles. The third-order valence-electron chi connectivity index (χ3n) is 7.89. The molecule has 1 aromatic carbocycles. The molecule has 2 N–H and O–H groups in total. The lowest BCUT2D eigenvalue weighted by molar-refractivity contribution is -0.130. The molecule has 4 nitrogen and oxygen atoms in total. The Kier molecular flexibility index (Phi) is 6.83. The topological polar surface area (TPSA) is 60.8 Å². The van der Waals surface area contributed by atoms with E-state index in [2.05, 4.69) is 13.5 Å². The van der Waals surface area contributed by atoms with E-state index in [1.165, 1.54) is 0 Å². The number of aliphatic hydroxyl groups excluding tert-OH is 1. The third-order valence-corrected chi connectivity index (χ3v) is 7.89. The predicted molar refractivity (Wildman–Crippen MR) is 127 cm³/mol. The van der Waals surface area contributed by atoms with Crippen molar-refractivity contribution >= 4 is 11.6 Å². The molecule has 1 aliphatic carbocycles. The summed E-state index contributed by atoms with van der Waals surface area (Å²) < 4.78 is 0. The van der Waals surface area contributed by atoms with E-state index >= 15 is 0 Å².